The monoisotopic (exact) mass is 343 g/mol. The highest BCUT2D eigenvalue weighted by molar-refractivity contribution is 5.60. The molecule has 0 unspecified atom stereocenters. The van der Waals surface area contributed by atoms with Crippen LogP contribution >= 0.6 is 0 Å². The Labute approximate surface area is 151 Å². The van der Waals surface area contributed by atoms with Crippen LogP contribution in [0.4, 0.5) is 5.82 Å². The van der Waals surface area contributed by atoms with Crippen LogP contribution in [0.15, 0.2) is 77.6 Å². The summed E-state index contributed by atoms with van der Waals surface area (Å²) in [7, 11) is 1.94. The van der Waals surface area contributed by atoms with Crippen molar-refractivity contribution in [1.82, 2.24) is 20.3 Å². The summed E-state index contributed by atoms with van der Waals surface area (Å²) in [5.74, 6) is 1.52. The molecule has 3 aromatic heterocycles. The van der Waals surface area contributed by atoms with Crippen molar-refractivity contribution in [1.29, 1.82) is 0 Å². The number of aromatic nitrogens is 4. The summed E-state index contributed by atoms with van der Waals surface area (Å²) in [4.78, 5) is 6.07. The van der Waals surface area contributed by atoms with Gasteiger partial charge in [0.25, 0.3) is 0 Å². The van der Waals surface area contributed by atoms with E-state index in [-0.39, 0.29) is 0 Å². The van der Waals surface area contributed by atoms with E-state index in [4.69, 9.17) is 4.52 Å². The predicted octanol–water partition coefficient (Wildman–Crippen LogP) is 3.83. The highest BCUT2D eigenvalue weighted by atomic mass is 16.5. The van der Waals surface area contributed by atoms with Crippen molar-refractivity contribution in [3.63, 3.8) is 0 Å². The zero-order chi connectivity index (χ0) is 17.8. The Morgan fingerprint density at radius 1 is 0.885 bits per heavy atom. The third-order valence-corrected chi connectivity index (χ3v) is 4.02. The molecule has 6 nitrogen and oxygen atoms in total. The lowest BCUT2D eigenvalue weighted by molar-refractivity contribution is 0.384. The minimum atomic E-state index is 0.548. The standard InChI is InChI=1S/C20H17N5O/c1-25(14-17-12-19(24-26-17)16-8-5-11-21-13-16)20-10-9-18(22-23-20)15-6-3-2-4-7-15/h2-13H,14H2,1H3. The van der Waals surface area contributed by atoms with E-state index >= 15 is 0 Å². The summed E-state index contributed by atoms with van der Waals surface area (Å²) in [6.07, 6.45) is 3.50. The first-order valence-corrected chi connectivity index (χ1v) is 8.26. The van der Waals surface area contributed by atoms with Crippen LogP contribution < -0.4 is 4.90 Å². The zero-order valence-electron chi connectivity index (χ0n) is 14.3. The molecule has 0 bridgehead atoms. The SMILES string of the molecule is CN(Cc1cc(-c2cccnc2)no1)c1ccc(-c2ccccc2)nn1. The number of rotatable bonds is 5. The van der Waals surface area contributed by atoms with Crippen molar-refractivity contribution in [2.45, 2.75) is 6.54 Å². The first-order chi connectivity index (χ1) is 12.8. The van der Waals surface area contributed by atoms with E-state index < -0.39 is 0 Å². The van der Waals surface area contributed by atoms with Gasteiger partial charge in [-0.2, -0.15) is 0 Å². The predicted molar refractivity (Wildman–Crippen MR) is 99.3 cm³/mol. The van der Waals surface area contributed by atoms with E-state index in [1.165, 1.54) is 0 Å². The molecule has 0 aliphatic heterocycles. The van der Waals surface area contributed by atoms with Gasteiger partial charge in [0.1, 0.15) is 5.69 Å². The summed E-state index contributed by atoms with van der Waals surface area (Å²) < 4.78 is 5.44. The topological polar surface area (TPSA) is 67.9 Å². The largest absolute Gasteiger partial charge is 0.359 e. The molecule has 0 fully saturated rings. The average molecular weight is 343 g/mol. The third kappa shape index (κ3) is 3.44. The highest BCUT2D eigenvalue weighted by Crippen LogP contribution is 2.21. The van der Waals surface area contributed by atoms with E-state index in [0.717, 1.165) is 34.1 Å². The van der Waals surface area contributed by atoms with E-state index in [0.29, 0.717) is 6.54 Å². The van der Waals surface area contributed by atoms with Crippen LogP contribution in [0.1, 0.15) is 5.76 Å². The zero-order valence-corrected chi connectivity index (χ0v) is 14.3. The molecule has 0 saturated heterocycles. The number of hydrogen-bond donors (Lipinski definition) is 0. The first kappa shape index (κ1) is 16.0. The molecule has 3 heterocycles. The van der Waals surface area contributed by atoms with E-state index in [1.807, 2.05) is 72.6 Å². The molecule has 0 spiro atoms. The van der Waals surface area contributed by atoms with Gasteiger partial charge in [-0.15, -0.1) is 10.2 Å². The fourth-order valence-electron chi connectivity index (χ4n) is 2.64. The van der Waals surface area contributed by atoms with Crippen LogP contribution in [-0.2, 0) is 6.54 Å². The molecule has 128 valence electrons. The van der Waals surface area contributed by atoms with Gasteiger partial charge in [0.05, 0.1) is 12.2 Å². The Bertz CT molecular complexity index is 968. The Balaban J connectivity index is 1.47. The van der Waals surface area contributed by atoms with Gasteiger partial charge in [-0.3, -0.25) is 4.98 Å². The van der Waals surface area contributed by atoms with Crippen LogP contribution in [0.5, 0.6) is 0 Å². The van der Waals surface area contributed by atoms with Gasteiger partial charge in [0, 0.05) is 36.6 Å². The molecule has 6 heteroatoms. The fourth-order valence-corrected chi connectivity index (χ4v) is 2.64. The van der Waals surface area contributed by atoms with E-state index in [2.05, 4.69) is 20.3 Å². The highest BCUT2D eigenvalue weighted by Gasteiger charge is 2.11. The minimum absolute atomic E-state index is 0.548. The van der Waals surface area contributed by atoms with Crippen LogP contribution in [0, 0.1) is 0 Å². The third-order valence-electron chi connectivity index (χ3n) is 4.02. The normalized spacial score (nSPS) is 10.7. The van der Waals surface area contributed by atoms with Gasteiger partial charge in [-0.05, 0) is 24.3 Å². The molecule has 0 atom stereocenters. The van der Waals surface area contributed by atoms with E-state index in [1.54, 1.807) is 12.4 Å². The lowest BCUT2D eigenvalue weighted by atomic mass is 10.1. The van der Waals surface area contributed by atoms with Crippen LogP contribution in [0.2, 0.25) is 0 Å². The number of pyridine rings is 1. The molecule has 0 radical (unpaired) electrons. The molecule has 26 heavy (non-hydrogen) atoms. The van der Waals surface area contributed by atoms with Crippen molar-refractivity contribution in [3.05, 3.63) is 78.8 Å². The molecule has 0 saturated carbocycles. The fraction of sp³-hybridized carbons (Fsp3) is 0.100. The van der Waals surface area contributed by atoms with Crippen molar-refractivity contribution >= 4 is 5.82 Å². The lowest BCUT2D eigenvalue weighted by Crippen LogP contribution is -2.17. The summed E-state index contributed by atoms with van der Waals surface area (Å²) in [5, 5.41) is 12.7. The summed E-state index contributed by atoms with van der Waals surface area (Å²) >= 11 is 0. The second kappa shape index (κ2) is 7.14. The Hall–Kier alpha value is -3.54. The average Bonchev–Trinajstić information content (AvgIpc) is 3.18. The Morgan fingerprint density at radius 2 is 1.73 bits per heavy atom. The number of hydrogen-bond acceptors (Lipinski definition) is 6. The van der Waals surface area contributed by atoms with Gasteiger partial charge in [0.2, 0.25) is 0 Å². The van der Waals surface area contributed by atoms with Crippen molar-refractivity contribution in [2.75, 3.05) is 11.9 Å². The molecule has 0 N–H and O–H groups in total. The maximum Gasteiger partial charge on any atom is 0.156 e. The van der Waals surface area contributed by atoms with Gasteiger partial charge in [0.15, 0.2) is 11.6 Å². The maximum absolute atomic E-state index is 5.44. The first-order valence-electron chi connectivity index (χ1n) is 8.26. The van der Waals surface area contributed by atoms with Crippen molar-refractivity contribution in [2.24, 2.45) is 0 Å². The summed E-state index contributed by atoms with van der Waals surface area (Å²) in [6.45, 7) is 0.548. The Kier molecular flexibility index (Phi) is 4.38. The lowest BCUT2D eigenvalue weighted by Gasteiger charge is -2.15. The van der Waals surface area contributed by atoms with Gasteiger partial charge in [-0.25, -0.2) is 0 Å². The minimum Gasteiger partial charge on any atom is -0.359 e. The number of benzene rings is 1. The summed E-state index contributed by atoms with van der Waals surface area (Å²) in [6, 6.07) is 19.6. The van der Waals surface area contributed by atoms with Crippen LogP contribution in [-0.4, -0.2) is 27.4 Å². The Morgan fingerprint density at radius 3 is 2.46 bits per heavy atom. The molecular weight excluding hydrogens is 326 g/mol. The summed E-state index contributed by atoms with van der Waals surface area (Å²) in [5.41, 5.74) is 3.59. The van der Waals surface area contributed by atoms with Crippen LogP contribution in [0.3, 0.4) is 0 Å². The molecule has 0 aliphatic carbocycles. The van der Waals surface area contributed by atoms with Crippen LogP contribution in [0.25, 0.3) is 22.5 Å². The second-order valence-corrected chi connectivity index (χ2v) is 5.92. The molecule has 1 aromatic carbocycles. The van der Waals surface area contributed by atoms with Crippen molar-refractivity contribution in [3.8, 4) is 22.5 Å². The maximum atomic E-state index is 5.44. The van der Waals surface area contributed by atoms with Gasteiger partial charge >= 0.3 is 0 Å². The van der Waals surface area contributed by atoms with E-state index in [9.17, 15) is 0 Å². The number of nitrogens with zero attached hydrogens (tertiary/aromatic N) is 5. The molecule has 0 amide bonds. The molecular formula is C20H17N5O. The number of anilines is 1. The smallest absolute Gasteiger partial charge is 0.156 e. The molecule has 0 aliphatic rings. The quantitative estimate of drug-likeness (QED) is 0.548. The molecule has 4 rings (SSSR count). The van der Waals surface area contributed by atoms with Gasteiger partial charge < -0.3 is 9.42 Å². The second-order valence-electron chi connectivity index (χ2n) is 5.92. The van der Waals surface area contributed by atoms with Crippen molar-refractivity contribution < 1.29 is 4.52 Å². The van der Waals surface area contributed by atoms with Gasteiger partial charge in [-0.1, -0.05) is 35.5 Å². The molecule has 4 aromatic rings.